The molecule has 0 bridgehead atoms. The number of nitrogens with zero attached hydrogens (tertiary/aromatic N) is 3. The Labute approximate surface area is 189 Å². The van der Waals surface area contributed by atoms with Gasteiger partial charge in [0, 0.05) is 24.9 Å². The number of ether oxygens (including phenoxy) is 1. The number of methoxy groups -OCH3 is 1. The maximum atomic E-state index is 5.26. The van der Waals surface area contributed by atoms with E-state index in [1.54, 1.807) is 18.4 Å². The van der Waals surface area contributed by atoms with Crippen molar-refractivity contribution in [3.05, 3.63) is 45.9 Å². The number of aryl methyl sites for hydroxylation is 1. The van der Waals surface area contributed by atoms with Crippen molar-refractivity contribution in [3.8, 4) is 5.75 Å². The van der Waals surface area contributed by atoms with Gasteiger partial charge in [0.1, 0.15) is 5.75 Å². The van der Waals surface area contributed by atoms with Crippen LogP contribution in [-0.4, -0.2) is 56.7 Å². The highest BCUT2D eigenvalue weighted by molar-refractivity contribution is 14.0. The fourth-order valence-electron chi connectivity index (χ4n) is 2.74. The lowest BCUT2D eigenvalue weighted by molar-refractivity contribution is 0.306. The lowest BCUT2D eigenvalue weighted by Gasteiger charge is -2.24. The molecule has 0 fully saturated rings. The Bertz CT molecular complexity index is 718. The van der Waals surface area contributed by atoms with E-state index >= 15 is 0 Å². The topological polar surface area (TPSA) is 61.8 Å². The predicted molar refractivity (Wildman–Crippen MR) is 129 cm³/mol. The molecule has 2 N–H and O–H groups in total. The number of rotatable bonds is 9. The lowest BCUT2D eigenvalue weighted by atomic mass is 10.1. The molecule has 28 heavy (non-hydrogen) atoms. The Morgan fingerprint density at radius 3 is 2.50 bits per heavy atom. The zero-order valence-electron chi connectivity index (χ0n) is 17.4. The lowest BCUT2D eigenvalue weighted by Crippen LogP contribution is -2.39. The van der Waals surface area contributed by atoms with Gasteiger partial charge in [0.25, 0.3) is 0 Å². The molecular weight excluding hydrogens is 485 g/mol. The van der Waals surface area contributed by atoms with Gasteiger partial charge >= 0.3 is 0 Å². The minimum Gasteiger partial charge on any atom is -0.497 e. The summed E-state index contributed by atoms with van der Waals surface area (Å²) in [6, 6.07) is 8.39. The molecule has 2 rings (SSSR count). The van der Waals surface area contributed by atoms with Crippen LogP contribution >= 0.6 is 35.3 Å². The standard InChI is InChI=1S/C20H31N5OS.HI/c1-6-21-20(22-12-11-17-14-27-15(2)24-17)23-13-19(25(3)4)16-7-9-18(26-5)10-8-16;/h7-10,14,19H,6,11-13H2,1-5H3,(H2,21,22,23);1H. The Morgan fingerprint density at radius 2 is 1.96 bits per heavy atom. The van der Waals surface area contributed by atoms with Gasteiger partial charge in [-0.15, -0.1) is 35.3 Å². The largest absolute Gasteiger partial charge is 0.497 e. The average Bonchev–Trinajstić information content (AvgIpc) is 3.07. The summed E-state index contributed by atoms with van der Waals surface area (Å²) in [4.78, 5) is 11.5. The van der Waals surface area contributed by atoms with Crippen LogP contribution in [0.3, 0.4) is 0 Å². The number of halogens is 1. The zero-order valence-corrected chi connectivity index (χ0v) is 20.5. The Morgan fingerprint density at radius 1 is 1.25 bits per heavy atom. The van der Waals surface area contributed by atoms with Gasteiger partial charge in [0.15, 0.2) is 5.96 Å². The molecule has 2 aromatic rings. The molecule has 0 amide bonds. The van der Waals surface area contributed by atoms with Crippen molar-refractivity contribution in [1.29, 1.82) is 0 Å². The van der Waals surface area contributed by atoms with Gasteiger partial charge in [-0.3, -0.25) is 4.99 Å². The second-order valence-electron chi connectivity index (χ2n) is 6.51. The van der Waals surface area contributed by atoms with Crippen LogP contribution in [0, 0.1) is 6.92 Å². The van der Waals surface area contributed by atoms with E-state index in [1.165, 1.54) is 5.56 Å². The Hall–Kier alpha value is -1.39. The van der Waals surface area contributed by atoms with E-state index < -0.39 is 0 Å². The number of benzene rings is 1. The van der Waals surface area contributed by atoms with Crippen molar-refractivity contribution >= 4 is 41.3 Å². The van der Waals surface area contributed by atoms with Crippen LogP contribution in [0.5, 0.6) is 5.75 Å². The highest BCUT2D eigenvalue weighted by atomic mass is 127. The SMILES string of the molecule is CCNC(=NCC(c1ccc(OC)cc1)N(C)C)NCCc1csc(C)n1.I. The van der Waals surface area contributed by atoms with Gasteiger partial charge in [0.05, 0.1) is 30.4 Å². The van der Waals surface area contributed by atoms with E-state index in [4.69, 9.17) is 9.73 Å². The number of likely N-dealkylation sites (N-methyl/N-ethyl adjacent to an activating group) is 1. The molecule has 1 unspecified atom stereocenters. The third kappa shape index (κ3) is 7.92. The first-order valence-electron chi connectivity index (χ1n) is 9.27. The minimum absolute atomic E-state index is 0. The van der Waals surface area contributed by atoms with Crippen LogP contribution in [0.25, 0.3) is 0 Å². The fraction of sp³-hybridized carbons (Fsp3) is 0.500. The summed E-state index contributed by atoms with van der Waals surface area (Å²) in [5, 5.41) is 9.96. The third-order valence-corrected chi connectivity index (χ3v) is 5.05. The molecule has 0 aliphatic carbocycles. The van der Waals surface area contributed by atoms with Crippen LogP contribution in [0.1, 0.15) is 29.2 Å². The first-order valence-corrected chi connectivity index (χ1v) is 10.1. The van der Waals surface area contributed by atoms with Crippen molar-refractivity contribution in [2.24, 2.45) is 4.99 Å². The van der Waals surface area contributed by atoms with E-state index in [-0.39, 0.29) is 30.0 Å². The molecule has 1 aromatic heterocycles. The maximum absolute atomic E-state index is 5.26. The molecule has 0 radical (unpaired) electrons. The van der Waals surface area contributed by atoms with Gasteiger partial charge in [-0.2, -0.15) is 0 Å². The van der Waals surface area contributed by atoms with Crippen molar-refractivity contribution in [2.45, 2.75) is 26.3 Å². The van der Waals surface area contributed by atoms with Crippen molar-refractivity contribution < 1.29 is 4.74 Å². The predicted octanol–water partition coefficient (Wildman–Crippen LogP) is 3.48. The summed E-state index contributed by atoms with van der Waals surface area (Å²) in [5.74, 6) is 1.71. The van der Waals surface area contributed by atoms with Gasteiger partial charge < -0.3 is 20.3 Å². The second kappa shape index (κ2) is 12.9. The number of hydrogen-bond acceptors (Lipinski definition) is 5. The fourth-order valence-corrected chi connectivity index (χ4v) is 3.39. The minimum atomic E-state index is 0. The highest BCUT2D eigenvalue weighted by Crippen LogP contribution is 2.21. The van der Waals surface area contributed by atoms with E-state index in [1.807, 2.05) is 19.1 Å². The summed E-state index contributed by atoms with van der Waals surface area (Å²) in [5.41, 5.74) is 2.35. The summed E-state index contributed by atoms with van der Waals surface area (Å²) in [6.07, 6.45) is 0.893. The van der Waals surface area contributed by atoms with E-state index in [0.717, 1.165) is 41.9 Å². The molecule has 0 aliphatic heterocycles. The van der Waals surface area contributed by atoms with E-state index in [2.05, 4.69) is 59.0 Å². The summed E-state index contributed by atoms with van der Waals surface area (Å²) in [6.45, 7) is 6.42. The number of guanidine groups is 1. The van der Waals surface area contributed by atoms with Gasteiger partial charge in [-0.05, 0) is 45.6 Å². The second-order valence-corrected chi connectivity index (χ2v) is 7.57. The molecule has 1 heterocycles. The average molecular weight is 517 g/mol. The smallest absolute Gasteiger partial charge is 0.191 e. The third-order valence-electron chi connectivity index (χ3n) is 4.23. The molecule has 156 valence electrons. The van der Waals surface area contributed by atoms with Crippen molar-refractivity contribution in [1.82, 2.24) is 20.5 Å². The summed E-state index contributed by atoms with van der Waals surface area (Å²) >= 11 is 1.69. The first kappa shape index (κ1) is 24.6. The van der Waals surface area contributed by atoms with Crippen LogP contribution in [0.2, 0.25) is 0 Å². The molecule has 1 atom stereocenters. The number of hydrogen-bond donors (Lipinski definition) is 2. The number of nitrogens with one attached hydrogen (secondary N) is 2. The quantitative estimate of drug-likeness (QED) is 0.303. The number of thiazole rings is 1. The van der Waals surface area contributed by atoms with Crippen LogP contribution in [0.4, 0.5) is 0 Å². The van der Waals surface area contributed by atoms with E-state index in [0.29, 0.717) is 6.54 Å². The number of aromatic nitrogens is 1. The molecule has 0 saturated carbocycles. The van der Waals surface area contributed by atoms with Crippen LogP contribution < -0.4 is 15.4 Å². The molecule has 1 aromatic carbocycles. The highest BCUT2D eigenvalue weighted by Gasteiger charge is 2.14. The van der Waals surface area contributed by atoms with Crippen LogP contribution in [0.15, 0.2) is 34.6 Å². The van der Waals surface area contributed by atoms with E-state index in [9.17, 15) is 0 Å². The van der Waals surface area contributed by atoms with Gasteiger partial charge in [-0.1, -0.05) is 12.1 Å². The van der Waals surface area contributed by atoms with Gasteiger partial charge in [0.2, 0.25) is 0 Å². The monoisotopic (exact) mass is 517 g/mol. The maximum Gasteiger partial charge on any atom is 0.191 e. The Kier molecular flexibility index (Phi) is 11.4. The van der Waals surface area contributed by atoms with Crippen LogP contribution in [-0.2, 0) is 6.42 Å². The molecule has 0 aliphatic rings. The number of aliphatic imine (C=N–C) groups is 1. The molecular formula is C20H32IN5OS. The van der Waals surface area contributed by atoms with Crippen molar-refractivity contribution in [3.63, 3.8) is 0 Å². The molecule has 0 spiro atoms. The summed E-state index contributed by atoms with van der Waals surface area (Å²) < 4.78 is 5.26. The molecule has 6 nitrogen and oxygen atoms in total. The normalized spacial score (nSPS) is 12.4. The molecule has 0 saturated heterocycles. The molecule has 8 heteroatoms. The Balaban J connectivity index is 0.00000392. The van der Waals surface area contributed by atoms with Gasteiger partial charge in [-0.25, -0.2) is 4.98 Å². The first-order chi connectivity index (χ1) is 13.0. The van der Waals surface area contributed by atoms with Crippen molar-refractivity contribution in [2.75, 3.05) is 40.8 Å². The summed E-state index contributed by atoms with van der Waals surface area (Å²) in [7, 11) is 5.84. The zero-order chi connectivity index (χ0) is 19.6.